The Hall–Kier alpha value is -1.71. The van der Waals surface area contributed by atoms with E-state index in [1.807, 2.05) is 52.0 Å². The van der Waals surface area contributed by atoms with Gasteiger partial charge in [0.25, 0.3) is 0 Å². The largest absolute Gasteiger partial charge is 0.491 e. The smallest absolute Gasteiger partial charge is 0.315 e. The molecule has 106 valence electrons. The van der Waals surface area contributed by atoms with Gasteiger partial charge in [0.05, 0.1) is 6.04 Å². The highest BCUT2D eigenvalue weighted by Crippen LogP contribution is 2.11. The van der Waals surface area contributed by atoms with Gasteiger partial charge < -0.3 is 15.4 Å². The first-order chi connectivity index (χ1) is 9.01. The van der Waals surface area contributed by atoms with Gasteiger partial charge in [0, 0.05) is 6.04 Å². The predicted molar refractivity (Wildman–Crippen MR) is 77.6 cm³/mol. The number of hydrogen-bond acceptors (Lipinski definition) is 2. The Morgan fingerprint density at radius 2 is 1.74 bits per heavy atom. The molecule has 0 aliphatic rings. The monoisotopic (exact) mass is 264 g/mol. The summed E-state index contributed by atoms with van der Waals surface area (Å²) in [5.74, 6) is 0.821. The van der Waals surface area contributed by atoms with Crippen LogP contribution in [-0.4, -0.2) is 24.7 Å². The third-order valence-electron chi connectivity index (χ3n) is 2.89. The summed E-state index contributed by atoms with van der Waals surface area (Å²) in [6.07, 6.45) is 0.918. The molecule has 0 saturated carbocycles. The Bertz CT molecular complexity index is 390. The van der Waals surface area contributed by atoms with E-state index in [1.54, 1.807) is 0 Å². The van der Waals surface area contributed by atoms with Gasteiger partial charge in [-0.15, -0.1) is 0 Å². The second-order valence-electron chi connectivity index (χ2n) is 4.95. The van der Waals surface area contributed by atoms with Crippen molar-refractivity contribution in [2.45, 2.75) is 46.2 Å². The Labute approximate surface area is 115 Å². The number of hydrogen-bond donors (Lipinski definition) is 2. The highest BCUT2D eigenvalue weighted by molar-refractivity contribution is 5.74. The van der Waals surface area contributed by atoms with Crippen LogP contribution in [-0.2, 0) is 0 Å². The summed E-state index contributed by atoms with van der Waals surface area (Å²) in [6.45, 7) is 8.43. The molecule has 0 saturated heterocycles. The van der Waals surface area contributed by atoms with Crippen molar-refractivity contribution in [1.82, 2.24) is 10.6 Å². The molecule has 0 aliphatic carbocycles. The number of urea groups is 1. The van der Waals surface area contributed by atoms with Crippen molar-refractivity contribution in [3.63, 3.8) is 0 Å². The zero-order chi connectivity index (χ0) is 14.3. The summed E-state index contributed by atoms with van der Waals surface area (Å²) in [5.41, 5.74) is 1.20. The van der Waals surface area contributed by atoms with Crippen LogP contribution in [0.1, 0.15) is 32.8 Å². The van der Waals surface area contributed by atoms with E-state index in [2.05, 4.69) is 10.6 Å². The quantitative estimate of drug-likeness (QED) is 0.830. The van der Waals surface area contributed by atoms with E-state index in [4.69, 9.17) is 4.74 Å². The van der Waals surface area contributed by atoms with Crippen molar-refractivity contribution in [3.05, 3.63) is 29.8 Å². The standard InChI is InChI=1S/C15H24N2O2/c1-5-12(3)16-15(18)17-13(4)10-19-14-8-6-11(2)7-9-14/h6-9,12-13H,5,10H2,1-4H3,(H2,16,17,18). The van der Waals surface area contributed by atoms with E-state index >= 15 is 0 Å². The van der Waals surface area contributed by atoms with Gasteiger partial charge in [0.1, 0.15) is 12.4 Å². The molecule has 0 aliphatic heterocycles. The van der Waals surface area contributed by atoms with E-state index in [-0.39, 0.29) is 18.1 Å². The van der Waals surface area contributed by atoms with Crippen molar-refractivity contribution in [2.75, 3.05) is 6.61 Å². The fraction of sp³-hybridized carbons (Fsp3) is 0.533. The Kier molecular flexibility index (Phi) is 6.19. The molecule has 19 heavy (non-hydrogen) atoms. The molecule has 0 fully saturated rings. The average molecular weight is 264 g/mol. The van der Waals surface area contributed by atoms with Gasteiger partial charge >= 0.3 is 6.03 Å². The Morgan fingerprint density at radius 3 is 2.32 bits per heavy atom. The van der Waals surface area contributed by atoms with Crippen molar-refractivity contribution in [2.24, 2.45) is 0 Å². The zero-order valence-corrected chi connectivity index (χ0v) is 12.2. The molecule has 2 atom stereocenters. The predicted octanol–water partition coefficient (Wildman–Crippen LogP) is 2.86. The van der Waals surface area contributed by atoms with Gasteiger partial charge in [-0.05, 0) is 39.3 Å². The number of carbonyl (C=O) groups excluding carboxylic acids is 1. The maximum absolute atomic E-state index is 11.6. The Balaban J connectivity index is 2.29. The zero-order valence-electron chi connectivity index (χ0n) is 12.2. The van der Waals surface area contributed by atoms with Crippen LogP contribution >= 0.6 is 0 Å². The highest BCUT2D eigenvalue weighted by atomic mass is 16.5. The minimum absolute atomic E-state index is 0.0367. The highest BCUT2D eigenvalue weighted by Gasteiger charge is 2.09. The molecule has 1 rings (SSSR count). The number of nitrogens with one attached hydrogen (secondary N) is 2. The van der Waals surface area contributed by atoms with Crippen LogP contribution in [0.4, 0.5) is 4.79 Å². The van der Waals surface area contributed by atoms with Crippen molar-refractivity contribution >= 4 is 6.03 Å². The lowest BCUT2D eigenvalue weighted by Crippen LogP contribution is -2.46. The van der Waals surface area contributed by atoms with Crippen LogP contribution in [0.15, 0.2) is 24.3 Å². The molecule has 1 aromatic rings. The van der Waals surface area contributed by atoms with Gasteiger partial charge in [0.15, 0.2) is 0 Å². The fourth-order valence-electron chi connectivity index (χ4n) is 1.49. The van der Waals surface area contributed by atoms with Gasteiger partial charge in [-0.3, -0.25) is 0 Å². The summed E-state index contributed by atoms with van der Waals surface area (Å²) < 4.78 is 5.61. The number of amides is 2. The number of carbonyl (C=O) groups is 1. The summed E-state index contributed by atoms with van der Waals surface area (Å²) in [4.78, 5) is 11.6. The molecule has 2 N–H and O–H groups in total. The molecule has 0 heterocycles. The molecule has 1 aromatic carbocycles. The first-order valence-electron chi connectivity index (χ1n) is 6.77. The molecular formula is C15H24N2O2. The van der Waals surface area contributed by atoms with E-state index < -0.39 is 0 Å². The normalized spacial score (nSPS) is 13.5. The van der Waals surface area contributed by atoms with E-state index in [1.165, 1.54) is 5.56 Å². The lowest BCUT2D eigenvalue weighted by atomic mass is 10.2. The number of aryl methyl sites for hydroxylation is 1. The van der Waals surface area contributed by atoms with Gasteiger partial charge in [-0.25, -0.2) is 4.79 Å². The molecule has 4 nitrogen and oxygen atoms in total. The van der Waals surface area contributed by atoms with Crippen molar-refractivity contribution in [1.29, 1.82) is 0 Å². The summed E-state index contributed by atoms with van der Waals surface area (Å²) in [5, 5.41) is 5.71. The van der Waals surface area contributed by atoms with Crippen LogP contribution in [0, 0.1) is 6.92 Å². The number of ether oxygens (including phenoxy) is 1. The van der Waals surface area contributed by atoms with E-state index in [9.17, 15) is 4.79 Å². The maximum Gasteiger partial charge on any atom is 0.315 e. The van der Waals surface area contributed by atoms with Gasteiger partial charge in [-0.2, -0.15) is 0 Å². The molecule has 0 spiro atoms. The second kappa shape index (κ2) is 7.67. The lowest BCUT2D eigenvalue weighted by Gasteiger charge is -2.17. The first kappa shape index (κ1) is 15.3. The maximum atomic E-state index is 11.6. The molecule has 0 radical (unpaired) electrons. The summed E-state index contributed by atoms with van der Waals surface area (Å²) >= 11 is 0. The first-order valence-corrected chi connectivity index (χ1v) is 6.77. The SMILES string of the molecule is CCC(C)NC(=O)NC(C)COc1ccc(C)cc1. The van der Waals surface area contributed by atoms with Crippen molar-refractivity contribution < 1.29 is 9.53 Å². The second-order valence-corrected chi connectivity index (χ2v) is 4.95. The van der Waals surface area contributed by atoms with Crippen LogP contribution in [0.2, 0.25) is 0 Å². The van der Waals surface area contributed by atoms with Crippen molar-refractivity contribution in [3.8, 4) is 5.75 Å². The number of benzene rings is 1. The molecule has 2 unspecified atom stereocenters. The molecule has 4 heteroatoms. The number of rotatable bonds is 6. The lowest BCUT2D eigenvalue weighted by molar-refractivity contribution is 0.223. The topological polar surface area (TPSA) is 50.4 Å². The minimum atomic E-state index is -0.144. The average Bonchev–Trinajstić information content (AvgIpc) is 2.37. The van der Waals surface area contributed by atoms with Gasteiger partial charge in [-0.1, -0.05) is 24.6 Å². The van der Waals surface area contributed by atoms with E-state index in [0.717, 1.165) is 12.2 Å². The molecular weight excluding hydrogens is 240 g/mol. The van der Waals surface area contributed by atoms with Crippen LogP contribution < -0.4 is 15.4 Å². The summed E-state index contributed by atoms with van der Waals surface area (Å²) in [7, 11) is 0. The van der Waals surface area contributed by atoms with Crippen LogP contribution in [0.5, 0.6) is 5.75 Å². The van der Waals surface area contributed by atoms with Gasteiger partial charge in [0.2, 0.25) is 0 Å². The molecule has 2 amide bonds. The third kappa shape index (κ3) is 6.13. The summed E-state index contributed by atoms with van der Waals surface area (Å²) in [6, 6.07) is 7.87. The molecule has 0 aromatic heterocycles. The van der Waals surface area contributed by atoms with E-state index in [0.29, 0.717) is 6.61 Å². The van der Waals surface area contributed by atoms with Crippen LogP contribution in [0.25, 0.3) is 0 Å². The van der Waals surface area contributed by atoms with Crippen LogP contribution in [0.3, 0.4) is 0 Å². The Morgan fingerprint density at radius 1 is 1.16 bits per heavy atom. The fourth-order valence-corrected chi connectivity index (χ4v) is 1.49. The third-order valence-corrected chi connectivity index (χ3v) is 2.89. The minimum Gasteiger partial charge on any atom is -0.491 e. The molecule has 0 bridgehead atoms.